The van der Waals surface area contributed by atoms with Gasteiger partial charge in [-0.25, -0.2) is 4.98 Å². The van der Waals surface area contributed by atoms with Crippen LogP contribution < -0.4 is 10.6 Å². The highest BCUT2D eigenvalue weighted by Gasteiger charge is 2.21. The van der Waals surface area contributed by atoms with Gasteiger partial charge in [-0.2, -0.15) is 0 Å². The van der Waals surface area contributed by atoms with Crippen molar-refractivity contribution in [3.05, 3.63) is 36.5 Å². The lowest BCUT2D eigenvalue weighted by Gasteiger charge is -2.21. The Hall–Kier alpha value is -1.72. The second-order valence-corrected chi connectivity index (χ2v) is 5.92. The largest absolute Gasteiger partial charge is 0.306 e. The Bertz CT molecular complexity index is 576. The summed E-state index contributed by atoms with van der Waals surface area (Å²) < 4.78 is 0. The van der Waals surface area contributed by atoms with Crippen LogP contribution in [-0.4, -0.2) is 23.5 Å². The fourth-order valence-corrected chi connectivity index (χ4v) is 3.16. The lowest BCUT2D eigenvalue weighted by Crippen LogP contribution is -2.43. The van der Waals surface area contributed by atoms with Gasteiger partial charge in [-0.05, 0) is 24.9 Å². The van der Waals surface area contributed by atoms with Crippen LogP contribution in [0, 0.1) is 0 Å². The number of nitrogens with zero attached hydrogens (tertiary/aromatic N) is 1. The third-order valence-corrected chi connectivity index (χ3v) is 4.38. The van der Waals surface area contributed by atoms with E-state index in [4.69, 9.17) is 0 Å². The Morgan fingerprint density at radius 1 is 1.30 bits per heavy atom. The molecule has 1 fully saturated rings. The second-order valence-electron chi connectivity index (χ2n) is 4.89. The van der Waals surface area contributed by atoms with E-state index in [1.54, 1.807) is 0 Å². The standard InChI is InChI=1S/C15H17N3OS/c19-14(12-8-4-5-9-16-12)18-15-17-10-13(20-15)11-6-2-1-3-7-11/h1-3,6-7,10,12,16H,4-5,8-9H2,(H,17,18,19). The third kappa shape index (κ3) is 3.05. The molecule has 1 aromatic carbocycles. The number of hydrogen-bond acceptors (Lipinski definition) is 4. The normalized spacial score (nSPS) is 18.7. The molecule has 0 radical (unpaired) electrons. The number of rotatable bonds is 3. The first-order valence-corrected chi connectivity index (χ1v) is 7.70. The summed E-state index contributed by atoms with van der Waals surface area (Å²) in [6.45, 7) is 0.922. The van der Waals surface area contributed by atoms with E-state index in [2.05, 4.69) is 15.6 Å². The van der Waals surface area contributed by atoms with E-state index in [0.717, 1.165) is 36.2 Å². The number of hydrogen-bond donors (Lipinski definition) is 2. The molecule has 1 aromatic heterocycles. The average molecular weight is 287 g/mol. The summed E-state index contributed by atoms with van der Waals surface area (Å²) in [5, 5.41) is 6.82. The van der Waals surface area contributed by atoms with Crippen molar-refractivity contribution in [2.75, 3.05) is 11.9 Å². The maximum Gasteiger partial charge on any atom is 0.243 e. The molecule has 20 heavy (non-hydrogen) atoms. The summed E-state index contributed by atoms with van der Waals surface area (Å²) in [6, 6.07) is 10.00. The van der Waals surface area contributed by atoms with Crippen molar-refractivity contribution in [2.45, 2.75) is 25.3 Å². The quantitative estimate of drug-likeness (QED) is 0.912. The summed E-state index contributed by atoms with van der Waals surface area (Å²) in [5.74, 6) is 0.0265. The molecule has 1 amide bonds. The summed E-state index contributed by atoms with van der Waals surface area (Å²) in [4.78, 5) is 17.5. The molecule has 0 aliphatic carbocycles. The number of thiazole rings is 1. The van der Waals surface area contributed by atoms with Crippen molar-refractivity contribution in [3.8, 4) is 10.4 Å². The van der Waals surface area contributed by atoms with E-state index >= 15 is 0 Å². The fraction of sp³-hybridized carbons (Fsp3) is 0.333. The van der Waals surface area contributed by atoms with E-state index in [1.807, 2.05) is 36.5 Å². The van der Waals surface area contributed by atoms with Crippen molar-refractivity contribution >= 4 is 22.4 Å². The molecule has 4 nitrogen and oxygen atoms in total. The molecular weight excluding hydrogens is 270 g/mol. The predicted molar refractivity (Wildman–Crippen MR) is 81.8 cm³/mol. The van der Waals surface area contributed by atoms with Gasteiger partial charge in [0.1, 0.15) is 0 Å². The molecule has 0 bridgehead atoms. The van der Waals surface area contributed by atoms with Gasteiger partial charge < -0.3 is 10.6 Å². The van der Waals surface area contributed by atoms with Crippen LogP contribution in [0.3, 0.4) is 0 Å². The highest BCUT2D eigenvalue weighted by Crippen LogP contribution is 2.28. The maximum absolute atomic E-state index is 12.1. The van der Waals surface area contributed by atoms with Crippen molar-refractivity contribution in [1.82, 2.24) is 10.3 Å². The smallest absolute Gasteiger partial charge is 0.243 e. The lowest BCUT2D eigenvalue weighted by molar-refractivity contribution is -0.118. The number of carbonyl (C=O) groups is 1. The summed E-state index contributed by atoms with van der Waals surface area (Å²) in [5.41, 5.74) is 1.13. The van der Waals surface area contributed by atoms with Gasteiger partial charge in [0.2, 0.25) is 5.91 Å². The zero-order chi connectivity index (χ0) is 13.8. The summed E-state index contributed by atoms with van der Waals surface area (Å²) >= 11 is 1.51. The number of carbonyl (C=O) groups excluding carboxylic acids is 1. The molecule has 1 aliphatic heterocycles. The number of benzene rings is 1. The van der Waals surface area contributed by atoms with Crippen LogP contribution in [0.5, 0.6) is 0 Å². The van der Waals surface area contributed by atoms with Crippen LogP contribution in [0.4, 0.5) is 5.13 Å². The molecule has 2 heterocycles. The first-order valence-electron chi connectivity index (χ1n) is 6.88. The van der Waals surface area contributed by atoms with Gasteiger partial charge in [-0.3, -0.25) is 4.79 Å². The second kappa shape index (κ2) is 6.15. The van der Waals surface area contributed by atoms with E-state index in [9.17, 15) is 4.79 Å². The topological polar surface area (TPSA) is 54.0 Å². The Morgan fingerprint density at radius 3 is 2.90 bits per heavy atom. The zero-order valence-corrected chi connectivity index (χ0v) is 12.0. The number of piperidine rings is 1. The number of anilines is 1. The summed E-state index contributed by atoms with van der Waals surface area (Å²) in [7, 11) is 0. The van der Waals surface area contributed by atoms with E-state index in [0.29, 0.717) is 5.13 Å². The molecule has 1 saturated heterocycles. The Balaban J connectivity index is 1.66. The fourth-order valence-electron chi connectivity index (χ4n) is 2.34. The van der Waals surface area contributed by atoms with Gasteiger partial charge >= 0.3 is 0 Å². The molecule has 1 unspecified atom stereocenters. The van der Waals surface area contributed by atoms with Crippen LogP contribution in [0.15, 0.2) is 36.5 Å². The monoisotopic (exact) mass is 287 g/mol. The van der Waals surface area contributed by atoms with Crippen molar-refractivity contribution in [2.24, 2.45) is 0 Å². The number of aromatic nitrogens is 1. The number of amides is 1. The SMILES string of the molecule is O=C(Nc1ncc(-c2ccccc2)s1)C1CCCCN1. The van der Waals surface area contributed by atoms with Gasteiger partial charge in [0.15, 0.2) is 5.13 Å². The predicted octanol–water partition coefficient (Wildman–Crippen LogP) is 2.89. The lowest BCUT2D eigenvalue weighted by atomic mass is 10.0. The van der Waals surface area contributed by atoms with Gasteiger partial charge in [0, 0.05) is 6.20 Å². The molecular formula is C15H17N3OS. The molecule has 5 heteroatoms. The van der Waals surface area contributed by atoms with Crippen LogP contribution in [0.2, 0.25) is 0 Å². The molecule has 1 aliphatic rings. The Kier molecular flexibility index (Phi) is 4.08. The van der Waals surface area contributed by atoms with Crippen LogP contribution >= 0.6 is 11.3 Å². The van der Waals surface area contributed by atoms with Gasteiger partial charge in [-0.15, -0.1) is 0 Å². The third-order valence-electron chi connectivity index (χ3n) is 3.42. The highest BCUT2D eigenvalue weighted by atomic mass is 32.1. The molecule has 0 spiro atoms. The first-order chi connectivity index (χ1) is 9.83. The minimum Gasteiger partial charge on any atom is -0.306 e. The maximum atomic E-state index is 12.1. The first kappa shape index (κ1) is 13.3. The van der Waals surface area contributed by atoms with Crippen molar-refractivity contribution in [1.29, 1.82) is 0 Å². The van der Waals surface area contributed by atoms with Gasteiger partial charge in [0.05, 0.1) is 10.9 Å². The molecule has 0 saturated carbocycles. The van der Waals surface area contributed by atoms with E-state index in [-0.39, 0.29) is 11.9 Å². The van der Waals surface area contributed by atoms with Gasteiger partial charge in [0.25, 0.3) is 0 Å². The Morgan fingerprint density at radius 2 is 2.15 bits per heavy atom. The molecule has 1 atom stereocenters. The van der Waals surface area contributed by atoms with Crippen molar-refractivity contribution < 1.29 is 4.79 Å². The highest BCUT2D eigenvalue weighted by molar-refractivity contribution is 7.19. The van der Waals surface area contributed by atoms with E-state index in [1.165, 1.54) is 11.3 Å². The molecule has 3 rings (SSSR count). The minimum absolute atomic E-state index is 0.0265. The number of nitrogens with one attached hydrogen (secondary N) is 2. The minimum atomic E-state index is -0.0761. The summed E-state index contributed by atoms with van der Waals surface area (Å²) in [6.07, 6.45) is 4.98. The van der Waals surface area contributed by atoms with Crippen molar-refractivity contribution in [3.63, 3.8) is 0 Å². The zero-order valence-electron chi connectivity index (χ0n) is 11.1. The van der Waals surface area contributed by atoms with Crippen LogP contribution in [0.1, 0.15) is 19.3 Å². The molecule has 104 valence electrons. The van der Waals surface area contributed by atoms with Crippen LogP contribution in [-0.2, 0) is 4.79 Å². The van der Waals surface area contributed by atoms with E-state index < -0.39 is 0 Å². The van der Waals surface area contributed by atoms with Gasteiger partial charge in [-0.1, -0.05) is 48.1 Å². The molecule has 2 aromatic rings. The van der Waals surface area contributed by atoms with Crippen LogP contribution in [0.25, 0.3) is 10.4 Å². The molecule has 2 N–H and O–H groups in total. The Labute approximate surface area is 122 Å². The average Bonchev–Trinajstić information content (AvgIpc) is 2.97.